The number of halogens is 3. The second-order valence-corrected chi connectivity index (χ2v) is 6.49. The van der Waals surface area contributed by atoms with E-state index in [2.05, 4.69) is 14.8 Å². The van der Waals surface area contributed by atoms with Crippen molar-refractivity contribution in [2.24, 2.45) is 0 Å². The molecule has 0 spiro atoms. The lowest BCUT2D eigenvalue weighted by atomic mass is 10.2. The standard InChI is InChI=1S/C17H14ClF2N3O5/c1-22(8-10-6-12(23(25)26)3-4-13(10)18)9-16(24)21-11-2-5-14-15(7-11)28-17(19,20)27-14/h2-7H,8-9H2,1H3,(H,21,24). The summed E-state index contributed by atoms with van der Waals surface area (Å²) in [6, 6.07) is 7.95. The Kier molecular flexibility index (Phi) is 5.34. The number of likely N-dealkylation sites (N-methyl/N-ethyl adjacent to an activating group) is 1. The summed E-state index contributed by atoms with van der Waals surface area (Å²) in [7, 11) is 1.63. The molecule has 0 saturated carbocycles. The fraction of sp³-hybridized carbons (Fsp3) is 0.235. The van der Waals surface area contributed by atoms with Crippen molar-refractivity contribution in [3.63, 3.8) is 0 Å². The van der Waals surface area contributed by atoms with Gasteiger partial charge in [0.05, 0.1) is 11.5 Å². The van der Waals surface area contributed by atoms with Gasteiger partial charge in [-0.1, -0.05) is 11.6 Å². The van der Waals surface area contributed by atoms with Crippen LogP contribution < -0.4 is 14.8 Å². The maximum atomic E-state index is 13.0. The molecule has 1 aliphatic rings. The molecule has 0 fully saturated rings. The van der Waals surface area contributed by atoms with E-state index in [1.54, 1.807) is 11.9 Å². The average molecular weight is 414 g/mol. The van der Waals surface area contributed by atoms with Gasteiger partial charge in [0.15, 0.2) is 11.5 Å². The predicted molar refractivity (Wildman–Crippen MR) is 95.7 cm³/mol. The van der Waals surface area contributed by atoms with Gasteiger partial charge in [-0.2, -0.15) is 0 Å². The van der Waals surface area contributed by atoms with Crippen molar-refractivity contribution in [3.8, 4) is 11.5 Å². The van der Waals surface area contributed by atoms with Crippen molar-refractivity contribution in [1.82, 2.24) is 4.90 Å². The zero-order valence-corrected chi connectivity index (χ0v) is 15.2. The minimum Gasteiger partial charge on any atom is -0.395 e. The van der Waals surface area contributed by atoms with E-state index >= 15 is 0 Å². The van der Waals surface area contributed by atoms with E-state index in [0.717, 1.165) is 0 Å². The molecule has 8 nitrogen and oxygen atoms in total. The molecule has 0 aliphatic carbocycles. The number of hydrogen-bond acceptors (Lipinski definition) is 6. The maximum absolute atomic E-state index is 13.0. The molecule has 28 heavy (non-hydrogen) atoms. The molecule has 0 atom stereocenters. The van der Waals surface area contributed by atoms with Crippen LogP contribution in [0.25, 0.3) is 0 Å². The lowest BCUT2D eigenvalue weighted by Gasteiger charge is -2.17. The molecular weight excluding hydrogens is 400 g/mol. The number of anilines is 1. The molecule has 2 aromatic carbocycles. The lowest BCUT2D eigenvalue weighted by Crippen LogP contribution is -2.30. The smallest absolute Gasteiger partial charge is 0.395 e. The van der Waals surface area contributed by atoms with E-state index in [1.807, 2.05) is 0 Å². The number of carbonyl (C=O) groups is 1. The van der Waals surface area contributed by atoms with Gasteiger partial charge in [-0.15, -0.1) is 8.78 Å². The van der Waals surface area contributed by atoms with Gasteiger partial charge in [0.1, 0.15) is 0 Å². The molecule has 0 aromatic heterocycles. The highest BCUT2D eigenvalue weighted by molar-refractivity contribution is 6.31. The maximum Gasteiger partial charge on any atom is 0.586 e. The highest BCUT2D eigenvalue weighted by Gasteiger charge is 2.43. The first-order chi connectivity index (χ1) is 13.1. The number of alkyl halides is 2. The van der Waals surface area contributed by atoms with E-state index in [4.69, 9.17) is 11.6 Å². The van der Waals surface area contributed by atoms with Crippen molar-refractivity contribution in [2.75, 3.05) is 18.9 Å². The Bertz CT molecular complexity index is 941. The van der Waals surface area contributed by atoms with Crippen LogP contribution >= 0.6 is 11.6 Å². The van der Waals surface area contributed by atoms with Crippen molar-refractivity contribution >= 4 is 28.9 Å². The van der Waals surface area contributed by atoms with Gasteiger partial charge in [-0.05, 0) is 30.8 Å². The van der Waals surface area contributed by atoms with Crippen LogP contribution in [0.5, 0.6) is 11.5 Å². The minimum atomic E-state index is -3.73. The number of nitrogens with one attached hydrogen (secondary N) is 1. The highest BCUT2D eigenvalue weighted by atomic mass is 35.5. The highest BCUT2D eigenvalue weighted by Crippen LogP contribution is 2.42. The molecule has 0 bridgehead atoms. The Morgan fingerprint density at radius 3 is 2.68 bits per heavy atom. The van der Waals surface area contributed by atoms with E-state index in [9.17, 15) is 23.7 Å². The molecule has 1 aliphatic heterocycles. The Labute approximate surface area is 162 Å². The Morgan fingerprint density at radius 2 is 1.96 bits per heavy atom. The number of rotatable bonds is 6. The van der Waals surface area contributed by atoms with Gasteiger partial charge in [-0.3, -0.25) is 19.8 Å². The van der Waals surface area contributed by atoms with Gasteiger partial charge in [0, 0.05) is 35.5 Å². The van der Waals surface area contributed by atoms with E-state index < -0.39 is 17.1 Å². The molecule has 0 unspecified atom stereocenters. The summed E-state index contributed by atoms with van der Waals surface area (Å²) in [6.07, 6.45) is -3.73. The normalized spacial score (nSPS) is 14.2. The number of amides is 1. The monoisotopic (exact) mass is 413 g/mol. The summed E-state index contributed by atoms with van der Waals surface area (Å²) >= 11 is 6.05. The second-order valence-electron chi connectivity index (χ2n) is 6.08. The molecular formula is C17H14ClF2N3O5. The molecule has 3 rings (SSSR count). The van der Waals surface area contributed by atoms with Crippen LogP contribution in [0, 0.1) is 10.1 Å². The first-order valence-electron chi connectivity index (χ1n) is 7.94. The van der Waals surface area contributed by atoms with Crippen LogP contribution in [0.1, 0.15) is 5.56 Å². The zero-order chi connectivity index (χ0) is 20.5. The van der Waals surface area contributed by atoms with Crippen LogP contribution in [0.2, 0.25) is 5.02 Å². The molecule has 0 radical (unpaired) electrons. The van der Waals surface area contributed by atoms with Crippen LogP contribution in [0.4, 0.5) is 20.2 Å². The molecule has 0 saturated heterocycles. The summed E-state index contributed by atoms with van der Waals surface area (Å²) < 4.78 is 34.7. The number of fused-ring (bicyclic) bond motifs is 1. The molecule has 1 amide bonds. The SMILES string of the molecule is CN(CC(=O)Nc1ccc2c(c1)OC(F)(F)O2)Cc1cc([N+](=O)[O-])ccc1Cl. The Hall–Kier alpha value is -2.98. The van der Waals surface area contributed by atoms with Gasteiger partial charge < -0.3 is 14.8 Å². The van der Waals surface area contributed by atoms with Gasteiger partial charge in [0.25, 0.3) is 5.69 Å². The van der Waals surface area contributed by atoms with Gasteiger partial charge >= 0.3 is 6.29 Å². The van der Waals surface area contributed by atoms with Gasteiger partial charge in [0.2, 0.25) is 5.91 Å². The largest absolute Gasteiger partial charge is 0.586 e. The topological polar surface area (TPSA) is 93.9 Å². The summed E-state index contributed by atoms with van der Waals surface area (Å²) in [6.45, 7) is 0.130. The summed E-state index contributed by atoms with van der Waals surface area (Å²) in [5.74, 6) is -0.727. The number of hydrogen-bond donors (Lipinski definition) is 1. The predicted octanol–water partition coefficient (Wildman–Crippen LogP) is 3.64. The number of nitro groups is 1. The molecule has 148 valence electrons. The molecule has 11 heteroatoms. The van der Waals surface area contributed by atoms with Crippen LogP contribution in [-0.2, 0) is 11.3 Å². The van der Waals surface area contributed by atoms with E-state index in [1.165, 1.54) is 36.4 Å². The first kappa shape index (κ1) is 19.8. The average Bonchev–Trinajstić information content (AvgIpc) is 2.89. The third-order valence-corrected chi connectivity index (χ3v) is 4.15. The van der Waals surface area contributed by atoms with E-state index in [-0.39, 0.29) is 36.0 Å². The van der Waals surface area contributed by atoms with Crippen molar-refractivity contribution in [2.45, 2.75) is 12.8 Å². The summed E-state index contributed by atoms with van der Waals surface area (Å²) in [4.78, 5) is 24.1. The fourth-order valence-electron chi connectivity index (χ4n) is 2.61. The molecule has 2 aromatic rings. The molecule has 1 heterocycles. The van der Waals surface area contributed by atoms with Crippen molar-refractivity contribution < 1.29 is 28.0 Å². The van der Waals surface area contributed by atoms with E-state index in [0.29, 0.717) is 10.6 Å². The third kappa shape index (κ3) is 4.65. The molecule has 1 N–H and O–H groups in total. The Balaban J connectivity index is 1.60. The van der Waals surface area contributed by atoms with Gasteiger partial charge in [-0.25, -0.2) is 0 Å². The number of carbonyl (C=O) groups excluding carboxylic acids is 1. The number of non-ortho nitro benzene ring substituents is 1. The second kappa shape index (κ2) is 7.56. The first-order valence-corrected chi connectivity index (χ1v) is 8.32. The minimum absolute atomic E-state index is 0.0659. The van der Waals surface area contributed by atoms with Crippen LogP contribution in [0.15, 0.2) is 36.4 Å². The summed E-state index contributed by atoms with van der Waals surface area (Å²) in [5.41, 5.74) is 0.651. The zero-order valence-electron chi connectivity index (χ0n) is 14.4. The number of nitro benzene ring substituents is 1. The summed E-state index contributed by atoms with van der Waals surface area (Å²) in [5, 5.41) is 13.8. The van der Waals surface area contributed by atoms with Crippen molar-refractivity contribution in [3.05, 3.63) is 57.1 Å². The number of ether oxygens (including phenoxy) is 2. The van der Waals surface area contributed by atoms with Crippen molar-refractivity contribution in [1.29, 1.82) is 0 Å². The quantitative estimate of drug-likeness (QED) is 0.574. The number of benzene rings is 2. The number of nitrogens with zero attached hydrogens (tertiary/aromatic N) is 2. The third-order valence-electron chi connectivity index (χ3n) is 3.78. The fourth-order valence-corrected chi connectivity index (χ4v) is 2.79. The van der Waals surface area contributed by atoms with Crippen LogP contribution in [0.3, 0.4) is 0 Å². The lowest BCUT2D eigenvalue weighted by molar-refractivity contribution is -0.384. The Morgan fingerprint density at radius 1 is 1.25 bits per heavy atom. The van der Waals surface area contributed by atoms with Crippen LogP contribution in [-0.4, -0.2) is 35.6 Å².